The third-order valence-corrected chi connectivity index (χ3v) is 3.00. The van der Waals surface area contributed by atoms with Crippen LogP contribution in [0.2, 0.25) is 0 Å². The first-order valence-corrected chi connectivity index (χ1v) is 4.40. The minimum Gasteiger partial charge on any atom is -0.267 e. The van der Waals surface area contributed by atoms with E-state index in [2.05, 4.69) is 39.8 Å². The van der Waals surface area contributed by atoms with Gasteiger partial charge in [0.2, 0.25) is 0 Å². The molecule has 0 N–H and O–H groups in total. The van der Waals surface area contributed by atoms with Crippen LogP contribution in [0.4, 0.5) is 0 Å². The van der Waals surface area contributed by atoms with Gasteiger partial charge in [-0.2, -0.15) is 0 Å². The molecule has 0 aliphatic carbocycles. The third kappa shape index (κ3) is 1.04. The number of rotatable bonds is 2. The smallest absolute Gasteiger partial charge is 0.111 e. The summed E-state index contributed by atoms with van der Waals surface area (Å²) in [5.74, 6) is 0. The summed E-state index contributed by atoms with van der Waals surface area (Å²) < 4.78 is 1.08. The highest BCUT2D eigenvalue weighted by Gasteiger charge is 2.31. The molecule has 0 saturated carbocycles. The van der Waals surface area contributed by atoms with Gasteiger partial charge in [0.05, 0.1) is 13.1 Å². The summed E-state index contributed by atoms with van der Waals surface area (Å²) in [5, 5.41) is 0. The SMILES string of the molecule is CC[N+]1(CC)C(C)=CC=C1C. The van der Waals surface area contributed by atoms with Crippen molar-refractivity contribution in [2.45, 2.75) is 27.7 Å². The van der Waals surface area contributed by atoms with Crippen LogP contribution >= 0.6 is 0 Å². The van der Waals surface area contributed by atoms with Crippen molar-refractivity contribution in [3.05, 3.63) is 23.5 Å². The summed E-state index contributed by atoms with van der Waals surface area (Å²) in [7, 11) is 0. The van der Waals surface area contributed by atoms with Crippen LogP contribution < -0.4 is 0 Å². The highest BCUT2D eigenvalue weighted by Crippen LogP contribution is 2.29. The molecule has 62 valence electrons. The Labute approximate surface area is 69.6 Å². The molecule has 1 aliphatic rings. The van der Waals surface area contributed by atoms with Gasteiger partial charge < -0.3 is 0 Å². The number of hydrogen-bond donors (Lipinski definition) is 0. The van der Waals surface area contributed by atoms with Gasteiger partial charge >= 0.3 is 0 Å². The van der Waals surface area contributed by atoms with Gasteiger partial charge in [-0.1, -0.05) is 0 Å². The lowest BCUT2D eigenvalue weighted by Gasteiger charge is -2.34. The molecule has 0 aromatic carbocycles. The standard InChI is InChI=1S/C10H18N/c1-5-11(6-2)9(3)7-8-10(11)4/h7-8H,5-6H2,1-4H3/q+1. The number of quaternary nitrogens is 1. The highest BCUT2D eigenvalue weighted by molar-refractivity contribution is 5.17. The van der Waals surface area contributed by atoms with Crippen LogP contribution in [0.3, 0.4) is 0 Å². The van der Waals surface area contributed by atoms with Crippen LogP contribution in [-0.4, -0.2) is 17.6 Å². The minimum atomic E-state index is 1.08. The molecule has 1 nitrogen and oxygen atoms in total. The van der Waals surface area contributed by atoms with Crippen molar-refractivity contribution in [2.75, 3.05) is 13.1 Å². The van der Waals surface area contributed by atoms with Crippen molar-refractivity contribution in [2.24, 2.45) is 0 Å². The maximum Gasteiger partial charge on any atom is 0.111 e. The van der Waals surface area contributed by atoms with Crippen molar-refractivity contribution in [1.29, 1.82) is 0 Å². The lowest BCUT2D eigenvalue weighted by atomic mass is 10.3. The topological polar surface area (TPSA) is 0 Å². The predicted octanol–water partition coefficient (Wildman–Crippen LogP) is 2.66. The third-order valence-electron chi connectivity index (χ3n) is 3.00. The maximum absolute atomic E-state index is 2.25. The Bertz CT molecular complexity index is 187. The van der Waals surface area contributed by atoms with E-state index >= 15 is 0 Å². The molecular formula is C10H18N+. The second kappa shape index (κ2) is 2.82. The summed E-state index contributed by atoms with van der Waals surface area (Å²) in [6.07, 6.45) is 4.48. The molecule has 1 rings (SSSR count). The quantitative estimate of drug-likeness (QED) is 0.534. The summed E-state index contributed by atoms with van der Waals surface area (Å²) in [4.78, 5) is 0. The molecule has 0 unspecified atom stereocenters. The second-order valence-corrected chi connectivity index (χ2v) is 3.22. The van der Waals surface area contributed by atoms with Crippen LogP contribution in [0, 0.1) is 0 Å². The lowest BCUT2D eigenvalue weighted by molar-refractivity contribution is -0.848. The number of allylic oxidation sites excluding steroid dienone is 4. The monoisotopic (exact) mass is 152 g/mol. The van der Waals surface area contributed by atoms with Crippen LogP contribution in [0.5, 0.6) is 0 Å². The fourth-order valence-corrected chi connectivity index (χ4v) is 2.03. The van der Waals surface area contributed by atoms with E-state index in [0.29, 0.717) is 0 Å². The van der Waals surface area contributed by atoms with Gasteiger partial charge in [0.15, 0.2) is 0 Å². The molecule has 0 saturated heterocycles. The summed E-state index contributed by atoms with van der Waals surface area (Å²) in [5.41, 5.74) is 2.96. The molecule has 0 bridgehead atoms. The predicted molar refractivity (Wildman–Crippen MR) is 48.9 cm³/mol. The lowest BCUT2D eigenvalue weighted by Crippen LogP contribution is -2.42. The van der Waals surface area contributed by atoms with Crippen molar-refractivity contribution in [3.8, 4) is 0 Å². The normalized spacial score (nSPS) is 21.5. The fraction of sp³-hybridized carbons (Fsp3) is 0.600. The van der Waals surface area contributed by atoms with E-state index in [-0.39, 0.29) is 0 Å². The van der Waals surface area contributed by atoms with Crippen LogP contribution in [0.1, 0.15) is 27.7 Å². The zero-order chi connectivity index (χ0) is 8.48. The molecule has 0 fully saturated rings. The van der Waals surface area contributed by atoms with Gasteiger partial charge in [0, 0.05) is 26.0 Å². The van der Waals surface area contributed by atoms with Crippen molar-refractivity contribution in [3.63, 3.8) is 0 Å². The highest BCUT2D eigenvalue weighted by atomic mass is 15.4. The first-order chi connectivity index (χ1) is 5.17. The summed E-state index contributed by atoms with van der Waals surface area (Å²) in [6, 6.07) is 0. The van der Waals surface area contributed by atoms with E-state index in [1.54, 1.807) is 0 Å². The Morgan fingerprint density at radius 1 is 1.00 bits per heavy atom. The Morgan fingerprint density at radius 2 is 1.36 bits per heavy atom. The molecule has 1 heterocycles. The largest absolute Gasteiger partial charge is 0.267 e. The average molecular weight is 152 g/mol. The Balaban J connectivity index is 2.98. The number of hydrogen-bond acceptors (Lipinski definition) is 0. The van der Waals surface area contributed by atoms with Crippen LogP contribution in [0.15, 0.2) is 23.5 Å². The molecular weight excluding hydrogens is 134 g/mol. The molecule has 0 atom stereocenters. The van der Waals surface area contributed by atoms with Gasteiger partial charge in [-0.05, 0) is 13.8 Å². The molecule has 1 heteroatoms. The molecule has 0 aromatic rings. The van der Waals surface area contributed by atoms with Gasteiger partial charge in [0.25, 0.3) is 0 Å². The Kier molecular flexibility index (Phi) is 2.19. The van der Waals surface area contributed by atoms with E-state index in [1.807, 2.05) is 0 Å². The molecule has 0 amide bonds. The Hall–Kier alpha value is -0.560. The van der Waals surface area contributed by atoms with Gasteiger partial charge in [-0.15, -0.1) is 0 Å². The zero-order valence-corrected chi connectivity index (χ0v) is 8.02. The van der Waals surface area contributed by atoms with E-state index in [4.69, 9.17) is 0 Å². The van der Waals surface area contributed by atoms with Crippen molar-refractivity contribution < 1.29 is 4.48 Å². The van der Waals surface area contributed by atoms with Gasteiger partial charge in [0.1, 0.15) is 11.4 Å². The van der Waals surface area contributed by atoms with Crippen molar-refractivity contribution in [1.82, 2.24) is 0 Å². The number of nitrogens with zero attached hydrogens (tertiary/aromatic N) is 1. The second-order valence-electron chi connectivity index (χ2n) is 3.22. The molecule has 0 aromatic heterocycles. The Morgan fingerprint density at radius 3 is 1.55 bits per heavy atom. The molecule has 0 radical (unpaired) electrons. The van der Waals surface area contributed by atoms with E-state index in [9.17, 15) is 0 Å². The molecule has 11 heavy (non-hydrogen) atoms. The van der Waals surface area contributed by atoms with E-state index in [1.165, 1.54) is 24.5 Å². The zero-order valence-electron chi connectivity index (χ0n) is 8.02. The molecule has 0 spiro atoms. The summed E-state index contributed by atoms with van der Waals surface area (Å²) >= 11 is 0. The fourth-order valence-electron chi connectivity index (χ4n) is 2.03. The van der Waals surface area contributed by atoms with Crippen molar-refractivity contribution >= 4 is 0 Å². The first kappa shape index (κ1) is 8.54. The van der Waals surface area contributed by atoms with Crippen LogP contribution in [0.25, 0.3) is 0 Å². The summed E-state index contributed by atoms with van der Waals surface area (Å²) in [6.45, 7) is 11.3. The van der Waals surface area contributed by atoms with Crippen LogP contribution in [-0.2, 0) is 0 Å². The minimum absolute atomic E-state index is 1.08. The van der Waals surface area contributed by atoms with Gasteiger partial charge in [-0.25, -0.2) is 0 Å². The average Bonchev–Trinajstić information content (AvgIpc) is 2.29. The maximum atomic E-state index is 2.25. The van der Waals surface area contributed by atoms with E-state index < -0.39 is 0 Å². The first-order valence-electron chi connectivity index (χ1n) is 4.40. The van der Waals surface area contributed by atoms with E-state index in [0.717, 1.165) is 4.48 Å². The molecule has 1 aliphatic heterocycles. The van der Waals surface area contributed by atoms with Gasteiger partial charge in [-0.3, -0.25) is 4.48 Å².